The summed E-state index contributed by atoms with van der Waals surface area (Å²) in [6, 6.07) is 4.19. The smallest absolute Gasteiger partial charge is 0.168 e. The van der Waals surface area contributed by atoms with E-state index >= 15 is 0 Å². The van der Waals surface area contributed by atoms with Crippen LogP contribution in [0.25, 0.3) is 0 Å². The van der Waals surface area contributed by atoms with Gasteiger partial charge in [0.2, 0.25) is 0 Å². The molecule has 0 saturated heterocycles. The topological polar surface area (TPSA) is 77.2 Å². The van der Waals surface area contributed by atoms with Crippen molar-refractivity contribution in [3.8, 4) is 0 Å². The third-order valence-corrected chi connectivity index (χ3v) is 3.49. The van der Waals surface area contributed by atoms with Crippen LogP contribution in [0, 0.1) is 23.8 Å². The van der Waals surface area contributed by atoms with Crippen molar-refractivity contribution in [3.63, 3.8) is 0 Å². The second-order valence-corrected chi connectivity index (χ2v) is 6.42. The molecule has 4 nitrogen and oxygen atoms in total. The summed E-state index contributed by atoms with van der Waals surface area (Å²) in [4.78, 5) is 37.5. The van der Waals surface area contributed by atoms with Gasteiger partial charge in [-0.2, -0.15) is 0 Å². The lowest BCUT2D eigenvalue weighted by atomic mass is 9.83. The molecule has 0 spiro atoms. The molecule has 0 fully saturated rings. The second kappa shape index (κ2) is 6.86. The Morgan fingerprint density at radius 2 is 1.23 bits per heavy atom. The molecule has 4 heteroatoms. The van der Waals surface area contributed by atoms with E-state index in [0.717, 1.165) is 0 Å². The predicted octanol–water partition coefficient (Wildman–Crippen LogP) is 3.59. The van der Waals surface area contributed by atoms with Gasteiger partial charge in [-0.25, -0.2) is 0 Å². The van der Waals surface area contributed by atoms with Crippen LogP contribution in [0.4, 0.5) is 5.69 Å². The minimum absolute atomic E-state index is 0.128. The molecule has 2 N–H and O–H groups in total. The normalized spacial score (nSPS) is 11.3. The van der Waals surface area contributed by atoms with E-state index in [4.69, 9.17) is 5.73 Å². The Morgan fingerprint density at radius 3 is 1.64 bits per heavy atom. The van der Waals surface area contributed by atoms with Gasteiger partial charge in [-0.1, -0.05) is 41.5 Å². The number of ketones is 3. The Bertz CT molecular complexity index is 613. The van der Waals surface area contributed by atoms with Gasteiger partial charge in [-0.3, -0.25) is 14.4 Å². The van der Waals surface area contributed by atoms with Crippen LogP contribution in [-0.2, 0) is 0 Å². The fourth-order valence-electron chi connectivity index (χ4n) is 2.16. The van der Waals surface area contributed by atoms with Crippen molar-refractivity contribution in [2.45, 2.75) is 41.5 Å². The standard InChI is InChI=1S/C18H24NO3/c1-9(2)16(20)12-7-8-13(19)15(18(22)11(5)6)14(12)17(21)10(3)4/h7,9-11H,19H2,1-6H3. The summed E-state index contributed by atoms with van der Waals surface area (Å²) in [6.07, 6.45) is 0. The Balaban J connectivity index is 3.75. The highest BCUT2D eigenvalue weighted by atomic mass is 16.1. The first-order valence-electron chi connectivity index (χ1n) is 7.56. The molecule has 0 amide bonds. The second-order valence-electron chi connectivity index (χ2n) is 6.42. The third kappa shape index (κ3) is 3.43. The summed E-state index contributed by atoms with van der Waals surface area (Å²) in [6.45, 7) is 10.5. The Kier molecular flexibility index (Phi) is 5.64. The molecule has 0 aromatic heterocycles. The van der Waals surface area contributed by atoms with Crippen molar-refractivity contribution >= 4 is 23.0 Å². The van der Waals surface area contributed by atoms with E-state index in [1.54, 1.807) is 41.5 Å². The highest BCUT2D eigenvalue weighted by Gasteiger charge is 2.29. The van der Waals surface area contributed by atoms with Crippen molar-refractivity contribution in [2.24, 2.45) is 17.8 Å². The molecule has 1 aromatic carbocycles. The quantitative estimate of drug-likeness (QED) is 0.643. The van der Waals surface area contributed by atoms with Crippen LogP contribution in [0.3, 0.4) is 0 Å². The molecule has 119 valence electrons. The molecule has 0 aliphatic carbocycles. The van der Waals surface area contributed by atoms with Gasteiger partial charge in [-0.15, -0.1) is 0 Å². The molecule has 1 aromatic rings. The maximum Gasteiger partial charge on any atom is 0.168 e. The number of hydrogen-bond donors (Lipinski definition) is 1. The number of rotatable bonds is 6. The van der Waals surface area contributed by atoms with Crippen molar-refractivity contribution in [1.29, 1.82) is 0 Å². The van der Waals surface area contributed by atoms with Gasteiger partial charge in [0, 0.05) is 34.9 Å². The van der Waals surface area contributed by atoms with E-state index in [0.29, 0.717) is 0 Å². The molecule has 0 atom stereocenters. The zero-order chi connectivity index (χ0) is 17.2. The minimum atomic E-state index is -0.334. The lowest BCUT2D eigenvalue weighted by molar-refractivity contribution is 0.0892. The van der Waals surface area contributed by atoms with Crippen molar-refractivity contribution in [2.75, 3.05) is 5.73 Å². The third-order valence-electron chi connectivity index (χ3n) is 3.49. The van der Waals surface area contributed by atoms with E-state index in [-0.39, 0.29) is 57.5 Å². The number of anilines is 1. The van der Waals surface area contributed by atoms with E-state index < -0.39 is 0 Å². The molecule has 0 aliphatic heterocycles. The highest BCUT2D eigenvalue weighted by molar-refractivity contribution is 6.18. The molecule has 0 heterocycles. The van der Waals surface area contributed by atoms with Crippen LogP contribution in [-0.4, -0.2) is 17.3 Å². The van der Waals surface area contributed by atoms with Gasteiger partial charge in [0.15, 0.2) is 17.3 Å². The Hall–Kier alpha value is -1.97. The number of carbonyl (C=O) groups is 3. The summed E-state index contributed by atoms with van der Waals surface area (Å²) in [5, 5.41) is 0. The van der Waals surface area contributed by atoms with E-state index in [1.807, 2.05) is 0 Å². The number of benzene rings is 1. The highest BCUT2D eigenvalue weighted by Crippen LogP contribution is 2.28. The van der Waals surface area contributed by atoms with Crippen LogP contribution in [0.15, 0.2) is 6.07 Å². The molecule has 1 rings (SSSR count). The first kappa shape index (κ1) is 18.1. The molecule has 1 radical (unpaired) electrons. The minimum Gasteiger partial charge on any atom is -0.398 e. The number of nitrogens with two attached hydrogens (primary N) is 1. The molecule has 0 unspecified atom stereocenters. The molecule has 0 saturated carbocycles. The summed E-state index contributed by atoms with van der Waals surface area (Å²) < 4.78 is 0. The predicted molar refractivity (Wildman–Crippen MR) is 87.2 cm³/mol. The fourth-order valence-corrected chi connectivity index (χ4v) is 2.16. The average Bonchev–Trinajstić information content (AvgIpc) is 2.44. The van der Waals surface area contributed by atoms with E-state index in [9.17, 15) is 14.4 Å². The number of nitrogen functional groups attached to an aromatic ring is 1. The monoisotopic (exact) mass is 302 g/mol. The lowest BCUT2D eigenvalue weighted by Gasteiger charge is -2.18. The van der Waals surface area contributed by atoms with Gasteiger partial charge >= 0.3 is 0 Å². The van der Waals surface area contributed by atoms with Crippen molar-refractivity contribution in [3.05, 3.63) is 28.8 Å². The fraction of sp³-hybridized carbons (Fsp3) is 0.500. The molecule has 0 bridgehead atoms. The van der Waals surface area contributed by atoms with Gasteiger partial charge in [0.1, 0.15) is 0 Å². The molecular weight excluding hydrogens is 278 g/mol. The van der Waals surface area contributed by atoms with Gasteiger partial charge in [-0.05, 0) is 6.07 Å². The zero-order valence-electron chi connectivity index (χ0n) is 14.1. The summed E-state index contributed by atoms with van der Waals surface area (Å²) >= 11 is 0. The van der Waals surface area contributed by atoms with Crippen molar-refractivity contribution in [1.82, 2.24) is 0 Å². The number of carbonyl (C=O) groups excluding carboxylic acids is 3. The molecule has 22 heavy (non-hydrogen) atoms. The summed E-state index contributed by atoms with van der Waals surface area (Å²) in [5.41, 5.74) is 6.57. The average molecular weight is 302 g/mol. The van der Waals surface area contributed by atoms with Crippen LogP contribution < -0.4 is 5.73 Å². The van der Waals surface area contributed by atoms with Gasteiger partial charge in [0.25, 0.3) is 0 Å². The van der Waals surface area contributed by atoms with Crippen LogP contribution >= 0.6 is 0 Å². The lowest BCUT2D eigenvalue weighted by Crippen LogP contribution is -2.23. The van der Waals surface area contributed by atoms with E-state index in [2.05, 4.69) is 6.07 Å². The number of Topliss-reactive ketones (excluding diaryl/α,β-unsaturated/α-hetero) is 3. The first-order chi connectivity index (χ1) is 10.1. The first-order valence-corrected chi connectivity index (χ1v) is 7.56. The Labute approximate surface area is 132 Å². The van der Waals surface area contributed by atoms with Gasteiger partial charge in [0.05, 0.1) is 11.3 Å². The summed E-state index contributed by atoms with van der Waals surface area (Å²) in [7, 11) is 0. The maximum absolute atomic E-state index is 12.6. The van der Waals surface area contributed by atoms with Crippen LogP contribution in [0.5, 0.6) is 0 Å². The Morgan fingerprint density at radius 1 is 0.818 bits per heavy atom. The maximum atomic E-state index is 12.6. The SMILES string of the molecule is CC(C)C(=O)c1c[c]c(N)c(C(=O)C(C)C)c1C(=O)C(C)C. The molecule has 0 aliphatic rings. The van der Waals surface area contributed by atoms with Crippen LogP contribution in [0.2, 0.25) is 0 Å². The molecular formula is C18H24NO3. The van der Waals surface area contributed by atoms with Crippen LogP contribution in [0.1, 0.15) is 72.6 Å². The van der Waals surface area contributed by atoms with E-state index in [1.165, 1.54) is 6.07 Å². The largest absolute Gasteiger partial charge is 0.398 e. The zero-order valence-corrected chi connectivity index (χ0v) is 14.1. The van der Waals surface area contributed by atoms with Gasteiger partial charge < -0.3 is 5.73 Å². The van der Waals surface area contributed by atoms with Crippen molar-refractivity contribution < 1.29 is 14.4 Å². The number of hydrogen-bond acceptors (Lipinski definition) is 4. The summed E-state index contributed by atoms with van der Waals surface area (Å²) in [5.74, 6) is -1.60.